The highest BCUT2D eigenvalue weighted by atomic mass is 35.5. The summed E-state index contributed by atoms with van der Waals surface area (Å²) in [6.07, 6.45) is 1.30. The van der Waals surface area contributed by atoms with Crippen LogP contribution in [0.1, 0.15) is 10.4 Å². The average molecular weight is 490 g/mol. The van der Waals surface area contributed by atoms with Gasteiger partial charge in [-0.2, -0.15) is 0 Å². The number of furan rings is 1. The van der Waals surface area contributed by atoms with Crippen LogP contribution in [0.2, 0.25) is 5.02 Å². The summed E-state index contributed by atoms with van der Waals surface area (Å²) in [6.45, 7) is 0. The number of benzene rings is 1. The lowest BCUT2D eigenvalue weighted by Gasteiger charge is -2.15. The van der Waals surface area contributed by atoms with E-state index in [1.54, 1.807) is 0 Å². The zero-order valence-corrected chi connectivity index (χ0v) is 18.8. The lowest BCUT2D eigenvalue weighted by molar-refractivity contribution is 0.0982. The molecule has 4 rings (SSSR count). The first-order valence-electron chi connectivity index (χ1n) is 9.28. The molecule has 0 fully saturated rings. The zero-order chi connectivity index (χ0) is 24.1. The van der Waals surface area contributed by atoms with E-state index in [2.05, 4.69) is 4.98 Å². The molecule has 33 heavy (non-hydrogen) atoms. The van der Waals surface area contributed by atoms with Gasteiger partial charge in [-0.3, -0.25) is 18.7 Å². The van der Waals surface area contributed by atoms with Gasteiger partial charge in [-0.1, -0.05) is 11.6 Å². The van der Waals surface area contributed by atoms with Crippen molar-refractivity contribution in [1.82, 2.24) is 18.8 Å². The number of amides is 1. The van der Waals surface area contributed by atoms with Crippen LogP contribution in [0.3, 0.4) is 0 Å². The second-order valence-corrected chi connectivity index (χ2v) is 9.14. The third-order valence-corrected chi connectivity index (χ3v) is 6.56. The van der Waals surface area contributed by atoms with E-state index in [-0.39, 0.29) is 27.3 Å². The minimum absolute atomic E-state index is 0.0545. The van der Waals surface area contributed by atoms with E-state index in [9.17, 15) is 22.8 Å². The summed E-state index contributed by atoms with van der Waals surface area (Å²) >= 11 is 5.80. The van der Waals surface area contributed by atoms with Gasteiger partial charge in [0.05, 0.1) is 27.7 Å². The summed E-state index contributed by atoms with van der Waals surface area (Å²) in [5, 5.41) is 0.169. The summed E-state index contributed by atoms with van der Waals surface area (Å²) in [6, 6.07) is 8.12. The summed E-state index contributed by atoms with van der Waals surface area (Å²) < 4.78 is 34.7. The Morgan fingerprint density at radius 1 is 1.12 bits per heavy atom. The first kappa shape index (κ1) is 22.3. The van der Waals surface area contributed by atoms with Crippen molar-refractivity contribution < 1.29 is 17.6 Å². The number of carbonyl (C=O) groups excluding carboxylic acids is 1. The number of anilines is 1. The molecule has 3 heterocycles. The van der Waals surface area contributed by atoms with Gasteiger partial charge in [-0.05, 0) is 36.4 Å². The Morgan fingerprint density at radius 2 is 1.79 bits per heavy atom. The van der Waals surface area contributed by atoms with Gasteiger partial charge in [0.2, 0.25) is 0 Å². The van der Waals surface area contributed by atoms with E-state index < -0.39 is 38.6 Å². The van der Waals surface area contributed by atoms with Gasteiger partial charge in [0, 0.05) is 19.1 Å². The van der Waals surface area contributed by atoms with Crippen molar-refractivity contribution in [1.29, 1.82) is 0 Å². The molecule has 11 nitrogen and oxygen atoms in total. The second kappa shape index (κ2) is 7.90. The number of carbonyl (C=O) groups is 1. The minimum Gasteiger partial charge on any atom is -0.464 e. The highest BCUT2D eigenvalue weighted by Gasteiger charge is 2.29. The Balaban J connectivity index is 2.00. The van der Waals surface area contributed by atoms with Gasteiger partial charge >= 0.3 is 5.69 Å². The van der Waals surface area contributed by atoms with Gasteiger partial charge in [0.1, 0.15) is 11.6 Å². The first-order chi connectivity index (χ1) is 15.5. The largest absolute Gasteiger partial charge is 0.464 e. The molecule has 3 aromatic heterocycles. The lowest BCUT2D eigenvalue weighted by atomic mass is 10.0. The molecule has 1 amide bonds. The highest BCUT2D eigenvalue weighted by molar-refractivity contribution is 7.90. The van der Waals surface area contributed by atoms with E-state index in [0.29, 0.717) is 5.02 Å². The van der Waals surface area contributed by atoms with Crippen molar-refractivity contribution in [2.75, 3.05) is 5.73 Å². The number of pyridine rings is 1. The number of sulfonamides is 1. The maximum absolute atomic E-state index is 13.2. The number of aromatic nitrogens is 3. The number of hydrogen-bond donors (Lipinski definition) is 2. The molecule has 4 aromatic rings. The number of nitrogens with two attached hydrogens (primary N) is 1. The third kappa shape index (κ3) is 3.68. The number of nitrogens with one attached hydrogen (secondary N) is 1. The van der Waals surface area contributed by atoms with Gasteiger partial charge in [-0.15, -0.1) is 0 Å². The maximum atomic E-state index is 13.2. The van der Waals surface area contributed by atoms with E-state index in [4.69, 9.17) is 21.8 Å². The highest BCUT2D eigenvalue weighted by Crippen LogP contribution is 2.32. The molecule has 0 saturated heterocycles. The fourth-order valence-corrected chi connectivity index (χ4v) is 4.43. The van der Waals surface area contributed by atoms with E-state index in [1.807, 2.05) is 4.72 Å². The standard InChI is InChI=1S/C20H16ClN5O6S/c1-25-17-15(19(28)26(2)20(25)29)13(12-4-3-9-32-12)14(16(22)23-17)18(27)24-33(30,31)11-7-5-10(21)6-8-11/h3-9H,1-2H3,(H2,22,23)(H,24,27). The van der Waals surface area contributed by atoms with Crippen molar-refractivity contribution in [3.8, 4) is 11.3 Å². The monoisotopic (exact) mass is 489 g/mol. The molecule has 0 spiro atoms. The molecular weight excluding hydrogens is 474 g/mol. The minimum atomic E-state index is -4.32. The SMILES string of the molecule is Cn1c(=O)c2c(-c3ccco3)c(C(=O)NS(=O)(=O)c3ccc(Cl)cc3)c(N)nc2n(C)c1=O. The lowest BCUT2D eigenvalue weighted by Crippen LogP contribution is -2.38. The van der Waals surface area contributed by atoms with Gasteiger partial charge in [0.25, 0.3) is 21.5 Å². The molecule has 0 aliphatic rings. The molecule has 1 aromatic carbocycles. The van der Waals surface area contributed by atoms with Crippen molar-refractivity contribution in [2.24, 2.45) is 14.1 Å². The van der Waals surface area contributed by atoms with Gasteiger partial charge < -0.3 is 10.2 Å². The molecule has 3 N–H and O–H groups in total. The summed E-state index contributed by atoms with van der Waals surface area (Å²) in [4.78, 5) is 42.4. The quantitative estimate of drug-likeness (QED) is 0.433. The molecule has 0 radical (unpaired) electrons. The van der Waals surface area contributed by atoms with Crippen molar-refractivity contribution >= 4 is 44.4 Å². The van der Waals surface area contributed by atoms with Crippen LogP contribution in [-0.4, -0.2) is 28.4 Å². The predicted molar refractivity (Wildman–Crippen MR) is 120 cm³/mol. The number of nitrogen functional groups attached to an aromatic ring is 1. The molecular formula is C20H16ClN5O6S. The smallest absolute Gasteiger partial charge is 0.332 e. The average Bonchev–Trinajstić information content (AvgIpc) is 3.30. The van der Waals surface area contributed by atoms with Crippen molar-refractivity contribution in [2.45, 2.75) is 4.90 Å². The second-order valence-electron chi connectivity index (χ2n) is 7.02. The van der Waals surface area contributed by atoms with Gasteiger partial charge in [0.15, 0.2) is 5.65 Å². The zero-order valence-electron chi connectivity index (χ0n) is 17.2. The normalized spacial score (nSPS) is 11.6. The summed E-state index contributed by atoms with van der Waals surface area (Å²) in [7, 11) is -1.68. The molecule has 0 aliphatic heterocycles. The van der Waals surface area contributed by atoms with Crippen LogP contribution in [-0.2, 0) is 24.1 Å². The number of nitrogens with zero attached hydrogens (tertiary/aromatic N) is 3. The number of aryl methyl sites for hydroxylation is 1. The first-order valence-corrected chi connectivity index (χ1v) is 11.1. The number of halogens is 1. The van der Waals surface area contributed by atoms with Crippen molar-refractivity contribution in [3.05, 3.63) is 74.1 Å². The molecule has 0 unspecified atom stereocenters. The maximum Gasteiger partial charge on any atom is 0.332 e. The van der Waals surface area contributed by atoms with Crippen LogP contribution in [0.4, 0.5) is 5.82 Å². The van der Waals surface area contributed by atoms with Crippen LogP contribution in [0.5, 0.6) is 0 Å². The van der Waals surface area contributed by atoms with Gasteiger partial charge in [-0.25, -0.2) is 22.9 Å². The van der Waals surface area contributed by atoms with Crippen molar-refractivity contribution in [3.63, 3.8) is 0 Å². The summed E-state index contributed by atoms with van der Waals surface area (Å²) in [5.41, 5.74) is 4.02. The van der Waals surface area contributed by atoms with Crippen LogP contribution >= 0.6 is 11.6 Å². The Morgan fingerprint density at radius 3 is 2.39 bits per heavy atom. The molecule has 0 aliphatic carbocycles. The number of hydrogen-bond acceptors (Lipinski definition) is 8. The number of rotatable bonds is 4. The molecule has 0 atom stereocenters. The van der Waals surface area contributed by atoms with Crippen LogP contribution in [0.15, 0.2) is 61.6 Å². The Kier molecular flexibility index (Phi) is 5.34. The predicted octanol–water partition coefficient (Wildman–Crippen LogP) is 1.25. The molecule has 0 bridgehead atoms. The Bertz CT molecular complexity index is 1640. The Labute approximate surface area is 191 Å². The fourth-order valence-electron chi connectivity index (χ4n) is 3.35. The van der Waals surface area contributed by atoms with E-state index in [0.717, 1.165) is 9.13 Å². The number of fused-ring (bicyclic) bond motifs is 1. The van der Waals surface area contributed by atoms with E-state index >= 15 is 0 Å². The van der Waals surface area contributed by atoms with Crippen LogP contribution in [0.25, 0.3) is 22.4 Å². The topological polar surface area (TPSA) is 159 Å². The van der Waals surface area contributed by atoms with Crippen LogP contribution in [0, 0.1) is 0 Å². The molecule has 13 heteroatoms. The Hall–Kier alpha value is -3.90. The summed E-state index contributed by atoms with van der Waals surface area (Å²) in [5.74, 6) is -1.49. The third-order valence-electron chi connectivity index (χ3n) is 4.96. The fraction of sp³-hybridized carbons (Fsp3) is 0.100. The van der Waals surface area contributed by atoms with E-state index in [1.165, 1.54) is 56.8 Å². The molecule has 0 saturated carbocycles. The van der Waals surface area contributed by atoms with Crippen LogP contribution < -0.4 is 21.7 Å². The molecule has 170 valence electrons.